The Bertz CT molecular complexity index is 302. The van der Waals surface area contributed by atoms with Crippen molar-refractivity contribution in [1.82, 2.24) is 15.2 Å². The quantitative estimate of drug-likeness (QED) is 0.870. The van der Waals surface area contributed by atoms with Gasteiger partial charge in [0, 0.05) is 24.7 Å². The monoisotopic (exact) mass is 239 g/mol. The van der Waals surface area contributed by atoms with Gasteiger partial charge in [0.25, 0.3) is 0 Å². The molecule has 0 amide bonds. The van der Waals surface area contributed by atoms with E-state index in [4.69, 9.17) is 0 Å². The lowest BCUT2D eigenvalue weighted by Crippen LogP contribution is -2.41. The molecule has 1 aliphatic rings. The molecule has 3 nitrogen and oxygen atoms in total. The molecule has 0 unspecified atom stereocenters. The highest BCUT2D eigenvalue weighted by Crippen LogP contribution is 2.29. The molecular formula is C12H21N3S. The first-order valence-corrected chi connectivity index (χ1v) is 6.84. The summed E-state index contributed by atoms with van der Waals surface area (Å²) in [5.74, 6) is 0. The molecule has 90 valence electrons. The van der Waals surface area contributed by atoms with E-state index in [2.05, 4.69) is 29.2 Å². The molecule has 1 aromatic rings. The smallest absolute Gasteiger partial charge is 0.106 e. The van der Waals surface area contributed by atoms with Gasteiger partial charge in [-0.05, 0) is 38.4 Å². The lowest BCUT2D eigenvalue weighted by Gasteiger charge is -2.38. The lowest BCUT2D eigenvalue weighted by atomic mass is 9.80. The fourth-order valence-corrected chi connectivity index (χ4v) is 2.73. The van der Waals surface area contributed by atoms with E-state index in [1.807, 2.05) is 11.6 Å². The molecule has 0 spiro atoms. The maximum absolute atomic E-state index is 4.28. The molecule has 4 heteroatoms. The summed E-state index contributed by atoms with van der Waals surface area (Å²) in [6, 6.07) is 0. The summed E-state index contributed by atoms with van der Waals surface area (Å²) in [4.78, 5) is 6.70. The van der Waals surface area contributed by atoms with Crippen LogP contribution in [-0.2, 0) is 6.54 Å². The van der Waals surface area contributed by atoms with Crippen molar-refractivity contribution in [1.29, 1.82) is 0 Å². The largest absolute Gasteiger partial charge is 0.310 e. The number of hydrogen-bond donors (Lipinski definition) is 1. The molecule has 1 N–H and O–H groups in total. The first kappa shape index (κ1) is 12.0. The zero-order chi connectivity index (χ0) is 11.4. The molecular weight excluding hydrogens is 218 g/mol. The first-order chi connectivity index (χ1) is 7.68. The van der Waals surface area contributed by atoms with Crippen LogP contribution in [0.1, 0.15) is 24.8 Å². The highest BCUT2D eigenvalue weighted by atomic mass is 32.1. The van der Waals surface area contributed by atoms with Crippen LogP contribution in [0.5, 0.6) is 0 Å². The molecule has 0 saturated carbocycles. The molecule has 0 bridgehead atoms. The highest BCUT2D eigenvalue weighted by molar-refractivity contribution is 7.09. The van der Waals surface area contributed by atoms with Gasteiger partial charge >= 0.3 is 0 Å². The van der Waals surface area contributed by atoms with Crippen LogP contribution >= 0.6 is 11.3 Å². The average Bonchev–Trinajstić information content (AvgIpc) is 2.76. The number of hydrogen-bond acceptors (Lipinski definition) is 4. The second kappa shape index (κ2) is 5.25. The topological polar surface area (TPSA) is 28.2 Å². The van der Waals surface area contributed by atoms with Crippen molar-refractivity contribution in [3.05, 3.63) is 16.6 Å². The number of aromatic nitrogens is 1. The maximum Gasteiger partial charge on any atom is 0.106 e. The predicted octanol–water partition coefficient (Wildman–Crippen LogP) is 1.96. The fourth-order valence-electron chi connectivity index (χ4n) is 2.15. The summed E-state index contributed by atoms with van der Waals surface area (Å²) in [6.45, 7) is 6.89. The standard InChI is InChI=1S/C12H21N3S/c1-12(3-6-15(2)7-4-12)10-13-9-11-14-5-8-16-11/h5,8,13H,3-4,6-7,9-10H2,1-2H3. The molecule has 1 aromatic heterocycles. The zero-order valence-electron chi connectivity index (χ0n) is 10.2. The Kier molecular flexibility index (Phi) is 3.95. The molecule has 1 aliphatic heterocycles. The van der Waals surface area contributed by atoms with Crippen molar-refractivity contribution < 1.29 is 0 Å². The van der Waals surface area contributed by atoms with E-state index in [1.165, 1.54) is 30.9 Å². The van der Waals surface area contributed by atoms with E-state index >= 15 is 0 Å². The van der Waals surface area contributed by atoms with Gasteiger partial charge in [-0.1, -0.05) is 6.92 Å². The SMILES string of the molecule is CN1CCC(C)(CNCc2nccs2)CC1. The van der Waals surface area contributed by atoms with E-state index in [-0.39, 0.29) is 0 Å². The van der Waals surface area contributed by atoms with E-state index in [9.17, 15) is 0 Å². The third-order valence-electron chi connectivity index (χ3n) is 3.51. The third kappa shape index (κ3) is 3.27. The first-order valence-electron chi connectivity index (χ1n) is 5.96. The van der Waals surface area contributed by atoms with Crippen molar-refractivity contribution in [3.8, 4) is 0 Å². The van der Waals surface area contributed by atoms with Crippen LogP contribution in [0.3, 0.4) is 0 Å². The Morgan fingerprint density at radius 3 is 2.88 bits per heavy atom. The Balaban J connectivity index is 1.73. The number of rotatable bonds is 4. The molecule has 0 aliphatic carbocycles. The molecule has 1 saturated heterocycles. The minimum atomic E-state index is 0.476. The molecule has 16 heavy (non-hydrogen) atoms. The molecule has 0 atom stereocenters. The summed E-state index contributed by atoms with van der Waals surface area (Å²) in [6.07, 6.45) is 4.47. The molecule has 2 heterocycles. The fraction of sp³-hybridized carbons (Fsp3) is 0.750. The van der Waals surface area contributed by atoms with Gasteiger partial charge in [0.2, 0.25) is 0 Å². The number of thiazole rings is 1. The second-order valence-corrected chi connectivity index (χ2v) is 6.12. The maximum atomic E-state index is 4.28. The highest BCUT2D eigenvalue weighted by Gasteiger charge is 2.28. The Hall–Kier alpha value is -0.450. The van der Waals surface area contributed by atoms with Crippen LogP contribution in [0, 0.1) is 5.41 Å². The zero-order valence-corrected chi connectivity index (χ0v) is 11.0. The third-order valence-corrected chi connectivity index (χ3v) is 4.29. The van der Waals surface area contributed by atoms with Gasteiger partial charge in [0.05, 0.1) is 0 Å². The number of likely N-dealkylation sites (tertiary alicyclic amines) is 1. The normalized spacial score (nSPS) is 21.1. The number of nitrogens with zero attached hydrogens (tertiary/aromatic N) is 2. The number of nitrogens with one attached hydrogen (secondary N) is 1. The summed E-state index contributed by atoms with van der Waals surface area (Å²) >= 11 is 1.73. The van der Waals surface area contributed by atoms with E-state index < -0.39 is 0 Å². The minimum absolute atomic E-state index is 0.476. The van der Waals surface area contributed by atoms with Crippen molar-refractivity contribution >= 4 is 11.3 Å². The van der Waals surface area contributed by atoms with Gasteiger partial charge in [-0.25, -0.2) is 4.98 Å². The van der Waals surface area contributed by atoms with E-state index in [1.54, 1.807) is 11.3 Å². The number of piperidine rings is 1. The van der Waals surface area contributed by atoms with Gasteiger partial charge in [-0.15, -0.1) is 11.3 Å². The Morgan fingerprint density at radius 1 is 1.50 bits per heavy atom. The van der Waals surface area contributed by atoms with Gasteiger partial charge in [0.15, 0.2) is 0 Å². The van der Waals surface area contributed by atoms with Crippen LogP contribution in [-0.4, -0.2) is 36.6 Å². The summed E-state index contributed by atoms with van der Waals surface area (Å²) in [7, 11) is 2.21. The summed E-state index contributed by atoms with van der Waals surface area (Å²) < 4.78 is 0. The van der Waals surface area contributed by atoms with Crippen molar-refractivity contribution in [2.24, 2.45) is 5.41 Å². The van der Waals surface area contributed by atoms with E-state index in [0.717, 1.165) is 13.1 Å². The Morgan fingerprint density at radius 2 is 2.25 bits per heavy atom. The van der Waals surface area contributed by atoms with Gasteiger partial charge in [0.1, 0.15) is 5.01 Å². The lowest BCUT2D eigenvalue weighted by molar-refractivity contribution is 0.137. The van der Waals surface area contributed by atoms with Crippen LogP contribution in [0.4, 0.5) is 0 Å². The van der Waals surface area contributed by atoms with Crippen LogP contribution < -0.4 is 5.32 Å². The predicted molar refractivity (Wildman–Crippen MR) is 68.7 cm³/mol. The molecule has 0 aromatic carbocycles. The van der Waals surface area contributed by atoms with E-state index in [0.29, 0.717) is 5.41 Å². The summed E-state index contributed by atoms with van der Waals surface area (Å²) in [5, 5.41) is 6.77. The van der Waals surface area contributed by atoms with Crippen molar-refractivity contribution in [3.63, 3.8) is 0 Å². The van der Waals surface area contributed by atoms with Crippen molar-refractivity contribution in [2.75, 3.05) is 26.7 Å². The Labute approximate surface area is 102 Å². The second-order valence-electron chi connectivity index (χ2n) is 5.14. The summed E-state index contributed by atoms with van der Waals surface area (Å²) in [5.41, 5.74) is 0.476. The van der Waals surface area contributed by atoms with Crippen LogP contribution in [0.15, 0.2) is 11.6 Å². The van der Waals surface area contributed by atoms with Gasteiger partial charge < -0.3 is 10.2 Å². The van der Waals surface area contributed by atoms with Crippen molar-refractivity contribution in [2.45, 2.75) is 26.3 Å². The van der Waals surface area contributed by atoms with Crippen LogP contribution in [0.25, 0.3) is 0 Å². The molecule has 0 radical (unpaired) electrons. The minimum Gasteiger partial charge on any atom is -0.310 e. The molecule has 1 fully saturated rings. The van der Waals surface area contributed by atoms with Crippen LogP contribution in [0.2, 0.25) is 0 Å². The molecule has 2 rings (SSSR count). The van der Waals surface area contributed by atoms with Gasteiger partial charge in [-0.3, -0.25) is 0 Å². The average molecular weight is 239 g/mol. The van der Waals surface area contributed by atoms with Gasteiger partial charge in [-0.2, -0.15) is 0 Å².